The van der Waals surface area contributed by atoms with Crippen LogP contribution in [0.1, 0.15) is 39.5 Å². The summed E-state index contributed by atoms with van der Waals surface area (Å²) in [5.41, 5.74) is 0. The van der Waals surface area contributed by atoms with E-state index in [0.717, 1.165) is 11.8 Å². The molecule has 1 aliphatic heterocycles. The van der Waals surface area contributed by atoms with Crippen LogP contribution in [0.3, 0.4) is 0 Å². The first kappa shape index (κ1) is 8.52. The Hall–Kier alpha value is -0.0800. The molecule has 12 heavy (non-hydrogen) atoms. The second-order valence-electron chi connectivity index (χ2n) is 4.80. The van der Waals surface area contributed by atoms with Gasteiger partial charge < -0.3 is 5.21 Å². The fourth-order valence-corrected chi connectivity index (χ4v) is 3.07. The monoisotopic (exact) mass is 169 g/mol. The summed E-state index contributed by atoms with van der Waals surface area (Å²) in [5.74, 6) is 1.70. The normalized spacial score (nSPS) is 49.2. The zero-order valence-corrected chi connectivity index (χ0v) is 8.03. The summed E-state index contributed by atoms with van der Waals surface area (Å²) in [4.78, 5) is 0. The van der Waals surface area contributed by atoms with Crippen molar-refractivity contribution in [3.8, 4) is 0 Å². The summed E-state index contributed by atoms with van der Waals surface area (Å²) in [6, 6.07) is 0.851. The van der Waals surface area contributed by atoms with E-state index in [2.05, 4.69) is 13.8 Å². The Morgan fingerprint density at radius 1 is 1.08 bits per heavy atom. The molecule has 2 heteroatoms. The van der Waals surface area contributed by atoms with Crippen molar-refractivity contribution >= 4 is 0 Å². The van der Waals surface area contributed by atoms with Crippen LogP contribution in [0.4, 0.5) is 0 Å². The summed E-state index contributed by atoms with van der Waals surface area (Å²) in [5, 5.41) is 11.3. The summed E-state index contributed by atoms with van der Waals surface area (Å²) >= 11 is 0. The highest BCUT2D eigenvalue weighted by Gasteiger charge is 2.37. The van der Waals surface area contributed by atoms with Crippen molar-refractivity contribution in [1.82, 2.24) is 5.06 Å². The molecule has 70 valence electrons. The van der Waals surface area contributed by atoms with Crippen LogP contribution < -0.4 is 0 Å². The zero-order valence-electron chi connectivity index (χ0n) is 8.03. The van der Waals surface area contributed by atoms with Crippen molar-refractivity contribution in [3.63, 3.8) is 0 Å². The first-order valence-corrected chi connectivity index (χ1v) is 5.14. The van der Waals surface area contributed by atoms with E-state index >= 15 is 0 Å². The number of rotatable bonds is 0. The van der Waals surface area contributed by atoms with E-state index < -0.39 is 0 Å². The van der Waals surface area contributed by atoms with Crippen LogP contribution in [0.5, 0.6) is 0 Å². The second kappa shape index (κ2) is 3.00. The first-order valence-electron chi connectivity index (χ1n) is 5.14. The molecule has 2 bridgehead atoms. The number of fused-ring (bicyclic) bond motifs is 2. The van der Waals surface area contributed by atoms with E-state index in [1.54, 1.807) is 5.06 Å². The predicted molar refractivity (Wildman–Crippen MR) is 48.0 cm³/mol. The maximum Gasteiger partial charge on any atom is 0.0358 e. The van der Waals surface area contributed by atoms with Crippen LogP contribution in [0.2, 0.25) is 0 Å². The Balaban J connectivity index is 2.07. The van der Waals surface area contributed by atoms with E-state index in [-0.39, 0.29) is 0 Å². The average Bonchev–Trinajstić information content (AvgIpc) is 1.99. The van der Waals surface area contributed by atoms with Gasteiger partial charge in [0, 0.05) is 12.1 Å². The van der Waals surface area contributed by atoms with Crippen LogP contribution in [0.25, 0.3) is 0 Å². The molecule has 1 N–H and O–H groups in total. The molecule has 2 aliphatic rings. The summed E-state index contributed by atoms with van der Waals surface area (Å²) < 4.78 is 0. The standard InChI is InChI=1S/C10H19NO/c1-7-3-9-5-8(2)11(12)10(4-7)6-9/h7-10,12H,3-6H2,1-2H3. The lowest BCUT2D eigenvalue weighted by Gasteiger charge is -2.45. The van der Waals surface area contributed by atoms with Crippen molar-refractivity contribution in [3.05, 3.63) is 0 Å². The Kier molecular flexibility index (Phi) is 2.13. The Bertz CT molecular complexity index is 167. The fraction of sp³-hybridized carbons (Fsp3) is 1.00. The summed E-state index contributed by atoms with van der Waals surface area (Å²) in [6.07, 6.45) is 4.99. The molecule has 2 rings (SSSR count). The van der Waals surface area contributed by atoms with Gasteiger partial charge in [-0.25, -0.2) is 0 Å². The summed E-state index contributed by atoms with van der Waals surface area (Å²) in [7, 11) is 0. The highest BCUT2D eigenvalue weighted by Crippen LogP contribution is 2.39. The van der Waals surface area contributed by atoms with Crippen molar-refractivity contribution in [2.45, 2.75) is 51.6 Å². The molecular weight excluding hydrogens is 150 g/mol. The maximum atomic E-state index is 9.74. The van der Waals surface area contributed by atoms with Gasteiger partial charge in [-0.2, -0.15) is 5.06 Å². The van der Waals surface area contributed by atoms with Crippen LogP contribution in [0.15, 0.2) is 0 Å². The highest BCUT2D eigenvalue weighted by molar-refractivity contribution is 4.88. The van der Waals surface area contributed by atoms with Crippen LogP contribution in [-0.2, 0) is 0 Å². The molecular formula is C10H19NO. The minimum Gasteiger partial charge on any atom is -0.313 e. The lowest BCUT2D eigenvalue weighted by Crippen LogP contribution is -2.49. The van der Waals surface area contributed by atoms with Gasteiger partial charge in [-0.05, 0) is 44.4 Å². The molecule has 1 saturated carbocycles. The van der Waals surface area contributed by atoms with Crippen molar-refractivity contribution < 1.29 is 5.21 Å². The smallest absolute Gasteiger partial charge is 0.0358 e. The van der Waals surface area contributed by atoms with Gasteiger partial charge in [-0.15, -0.1) is 0 Å². The Morgan fingerprint density at radius 3 is 2.58 bits per heavy atom. The van der Waals surface area contributed by atoms with Gasteiger partial charge in [0.25, 0.3) is 0 Å². The molecule has 4 atom stereocenters. The Morgan fingerprint density at radius 2 is 1.83 bits per heavy atom. The number of hydrogen-bond donors (Lipinski definition) is 1. The van der Waals surface area contributed by atoms with E-state index in [0.29, 0.717) is 12.1 Å². The SMILES string of the molecule is CC1CC2CC(C)N(O)C(C1)C2. The second-order valence-corrected chi connectivity index (χ2v) is 4.80. The van der Waals surface area contributed by atoms with E-state index in [1.165, 1.54) is 25.7 Å². The van der Waals surface area contributed by atoms with Gasteiger partial charge in [0.2, 0.25) is 0 Å². The molecule has 1 heterocycles. The zero-order chi connectivity index (χ0) is 8.72. The number of nitrogens with zero attached hydrogens (tertiary/aromatic N) is 1. The molecule has 0 radical (unpaired) electrons. The number of piperidine rings is 1. The molecule has 1 saturated heterocycles. The third-order valence-electron chi connectivity index (χ3n) is 3.52. The first-order chi connectivity index (χ1) is 5.66. The lowest BCUT2D eigenvalue weighted by atomic mass is 9.73. The minimum absolute atomic E-state index is 0.390. The van der Waals surface area contributed by atoms with Gasteiger partial charge in [0.05, 0.1) is 0 Å². The molecule has 2 fully saturated rings. The topological polar surface area (TPSA) is 23.5 Å². The molecule has 0 aromatic rings. The molecule has 0 aromatic heterocycles. The van der Waals surface area contributed by atoms with Crippen LogP contribution in [-0.4, -0.2) is 22.4 Å². The largest absolute Gasteiger partial charge is 0.313 e. The molecule has 0 spiro atoms. The molecule has 4 unspecified atom stereocenters. The van der Waals surface area contributed by atoms with Gasteiger partial charge in [0.15, 0.2) is 0 Å². The molecule has 0 amide bonds. The van der Waals surface area contributed by atoms with Crippen LogP contribution >= 0.6 is 0 Å². The third-order valence-corrected chi connectivity index (χ3v) is 3.52. The molecule has 2 nitrogen and oxygen atoms in total. The van der Waals surface area contributed by atoms with Gasteiger partial charge >= 0.3 is 0 Å². The van der Waals surface area contributed by atoms with Crippen LogP contribution in [0, 0.1) is 11.8 Å². The van der Waals surface area contributed by atoms with Gasteiger partial charge in [0.1, 0.15) is 0 Å². The molecule has 0 aromatic carbocycles. The van der Waals surface area contributed by atoms with Crippen molar-refractivity contribution in [1.29, 1.82) is 0 Å². The minimum atomic E-state index is 0.390. The van der Waals surface area contributed by atoms with Gasteiger partial charge in [-0.3, -0.25) is 0 Å². The lowest BCUT2D eigenvalue weighted by molar-refractivity contribution is -0.195. The van der Waals surface area contributed by atoms with E-state index in [9.17, 15) is 5.21 Å². The maximum absolute atomic E-state index is 9.74. The quantitative estimate of drug-likeness (QED) is 0.601. The molecule has 1 aliphatic carbocycles. The number of hydroxylamine groups is 2. The fourth-order valence-electron chi connectivity index (χ4n) is 3.07. The third kappa shape index (κ3) is 1.38. The highest BCUT2D eigenvalue weighted by atomic mass is 16.5. The predicted octanol–water partition coefficient (Wildman–Crippen LogP) is 2.27. The summed E-state index contributed by atoms with van der Waals surface area (Å²) in [6.45, 7) is 4.44. The van der Waals surface area contributed by atoms with Gasteiger partial charge in [-0.1, -0.05) is 6.92 Å². The average molecular weight is 169 g/mol. The van der Waals surface area contributed by atoms with E-state index in [1.807, 2.05) is 0 Å². The van der Waals surface area contributed by atoms with Crippen molar-refractivity contribution in [2.24, 2.45) is 11.8 Å². The van der Waals surface area contributed by atoms with E-state index in [4.69, 9.17) is 0 Å². The number of hydrogen-bond acceptors (Lipinski definition) is 2. The Labute approximate surface area is 74.5 Å². The van der Waals surface area contributed by atoms with Crippen molar-refractivity contribution in [2.75, 3.05) is 0 Å².